The summed E-state index contributed by atoms with van der Waals surface area (Å²) in [5.41, 5.74) is -3.34. The average molecular weight is 295 g/mol. The predicted octanol–water partition coefficient (Wildman–Crippen LogP) is 7.76. The maximum absolute atomic E-state index is 7.59. The van der Waals surface area contributed by atoms with Crippen LogP contribution in [0.25, 0.3) is 0 Å². The van der Waals surface area contributed by atoms with Crippen LogP contribution in [-0.4, -0.2) is 0 Å². The minimum Gasteiger partial charge on any atom is -0.0602 e. The fraction of sp³-hybridized carbons (Fsp3) is 1.00. The first-order chi connectivity index (χ1) is 14.2. The molecule has 0 spiro atoms. The molecule has 0 heteroatoms. The predicted molar refractivity (Wildman–Crippen MR) is 94.3 cm³/mol. The Bertz CT molecular complexity index is 449. The second kappa shape index (κ2) is 10.7. The Morgan fingerprint density at radius 3 is 1.00 bits per heavy atom. The highest BCUT2D eigenvalue weighted by atomic mass is 14.1. The lowest BCUT2D eigenvalue weighted by atomic mass is 9.89. The molecule has 0 saturated carbocycles. The van der Waals surface area contributed by atoms with Gasteiger partial charge >= 0.3 is 0 Å². The van der Waals surface area contributed by atoms with Gasteiger partial charge in [0, 0.05) is 16.4 Å². The molecule has 0 heterocycles. The molecular formula is C20H42. The molecule has 20 heavy (non-hydrogen) atoms. The quantitative estimate of drug-likeness (QED) is 0.341. The normalized spacial score (nSPS) is 24.3. The molecule has 0 amide bonds. The SMILES string of the molecule is [2H]C([2H])([2H])C(C)(CCCCCCCCCCCCC(C)(C([2H])([2H])[2H])C([2H])([2H])[2H])C([2H])([2H])[2H]. The molecule has 0 aliphatic carbocycles. The van der Waals surface area contributed by atoms with Crippen LogP contribution in [0.1, 0.15) is 135 Å². The summed E-state index contributed by atoms with van der Waals surface area (Å²) in [4.78, 5) is 0. The van der Waals surface area contributed by atoms with Crippen molar-refractivity contribution < 1.29 is 16.4 Å². The highest BCUT2D eigenvalue weighted by molar-refractivity contribution is 4.62. The van der Waals surface area contributed by atoms with E-state index in [1.807, 2.05) is 0 Å². The second-order valence-corrected chi connectivity index (χ2v) is 6.70. The Balaban J connectivity index is 4.01. The first-order valence-corrected chi connectivity index (χ1v) is 8.21. The molecule has 0 fully saturated rings. The van der Waals surface area contributed by atoms with E-state index >= 15 is 0 Å². The molecule has 0 aromatic heterocycles. The van der Waals surface area contributed by atoms with E-state index in [9.17, 15) is 0 Å². The summed E-state index contributed by atoms with van der Waals surface area (Å²) in [7, 11) is 0. The molecule has 0 bridgehead atoms. The third-order valence-electron chi connectivity index (χ3n) is 3.60. The summed E-state index contributed by atoms with van der Waals surface area (Å²) in [6.07, 6.45) is 9.07. The molecule has 122 valence electrons. The molecule has 0 nitrogen and oxygen atoms in total. The van der Waals surface area contributed by atoms with Crippen molar-refractivity contribution in [2.24, 2.45) is 10.8 Å². The molecule has 0 aliphatic heterocycles. The first-order valence-electron chi connectivity index (χ1n) is 14.2. The van der Waals surface area contributed by atoms with Crippen molar-refractivity contribution in [2.45, 2.75) is 118 Å². The molecular weight excluding hydrogens is 240 g/mol. The van der Waals surface area contributed by atoms with E-state index in [0.29, 0.717) is 12.8 Å². The van der Waals surface area contributed by atoms with Crippen molar-refractivity contribution in [3.8, 4) is 0 Å². The van der Waals surface area contributed by atoms with Crippen molar-refractivity contribution in [3.05, 3.63) is 0 Å². The lowest BCUT2D eigenvalue weighted by Crippen LogP contribution is -2.03. The molecule has 0 atom stereocenters. The highest BCUT2D eigenvalue weighted by Gasteiger charge is 2.09. The van der Waals surface area contributed by atoms with Gasteiger partial charge in [0.2, 0.25) is 0 Å². The molecule has 0 aromatic carbocycles. The molecule has 0 saturated heterocycles. The van der Waals surface area contributed by atoms with Gasteiger partial charge < -0.3 is 0 Å². The zero-order valence-corrected chi connectivity index (χ0v) is 13.5. The van der Waals surface area contributed by atoms with Crippen LogP contribution in [0.15, 0.2) is 0 Å². The summed E-state index contributed by atoms with van der Waals surface area (Å²) >= 11 is 0. The van der Waals surface area contributed by atoms with Crippen LogP contribution in [0.4, 0.5) is 0 Å². The molecule has 0 aromatic rings. The summed E-state index contributed by atoms with van der Waals surface area (Å²) in [6.45, 7) is -7.37. The average Bonchev–Trinajstić information content (AvgIpc) is 2.58. The Morgan fingerprint density at radius 1 is 0.500 bits per heavy atom. The summed E-state index contributed by atoms with van der Waals surface area (Å²) in [5.74, 6) is 0. The Kier molecular flexibility index (Phi) is 4.01. The van der Waals surface area contributed by atoms with Gasteiger partial charge in [-0.1, -0.05) is 105 Å². The summed E-state index contributed by atoms with van der Waals surface area (Å²) in [5, 5.41) is 0. The van der Waals surface area contributed by atoms with Crippen molar-refractivity contribution in [3.63, 3.8) is 0 Å². The van der Waals surface area contributed by atoms with Crippen LogP contribution < -0.4 is 0 Å². The van der Waals surface area contributed by atoms with Crippen LogP contribution in [0.5, 0.6) is 0 Å². The van der Waals surface area contributed by atoms with Crippen molar-refractivity contribution in [2.75, 3.05) is 0 Å². The zero-order valence-electron chi connectivity index (χ0n) is 25.5. The minimum atomic E-state index is -2.51. The van der Waals surface area contributed by atoms with E-state index in [-0.39, 0.29) is 12.8 Å². The fourth-order valence-corrected chi connectivity index (χ4v) is 2.37. The highest BCUT2D eigenvalue weighted by Crippen LogP contribution is 2.23. The third kappa shape index (κ3) is 18.0. The van der Waals surface area contributed by atoms with Crippen LogP contribution in [0.2, 0.25) is 0 Å². The van der Waals surface area contributed by atoms with E-state index in [2.05, 4.69) is 0 Å². The van der Waals surface area contributed by atoms with Gasteiger partial charge in [0.1, 0.15) is 0 Å². The molecule has 0 unspecified atom stereocenters. The van der Waals surface area contributed by atoms with Crippen LogP contribution >= 0.6 is 0 Å². The van der Waals surface area contributed by atoms with Crippen molar-refractivity contribution in [1.29, 1.82) is 0 Å². The van der Waals surface area contributed by atoms with Gasteiger partial charge in [-0.2, -0.15) is 0 Å². The number of hydrogen-bond donors (Lipinski definition) is 0. The summed E-state index contributed by atoms with van der Waals surface area (Å²) in [6, 6.07) is 0. The van der Waals surface area contributed by atoms with Crippen LogP contribution in [-0.2, 0) is 0 Å². The molecule has 0 rings (SSSR count). The van der Waals surface area contributed by atoms with E-state index in [1.54, 1.807) is 0 Å². The first kappa shape index (κ1) is 7.51. The Hall–Kier alpha value is 0. The van der Waals surface area contributed by atoms with Crippen LogP contribution in [0, 0.1) is 10.8 Å². The van der Waals surface area contributed by atoms with Crippen molar-refractivity contribution >= 4 is 0 Å². The Labute approximate surface area is 147 Å². The van der Waals surface area contributed by atoms with Gasteiger partial charge in [0.05, 0.1) is 0 Å². The number of rotatable bonds is 11. The Morgan fingerprint density at radius 2 is 0.750 bits per heavy atom. The zero-order chi connectivity index (χ0) is 25.5. The maximum Gasteiger partial charge on any atom is 0.0236 e. The number of hydrogen-bond acceptors (Lipinski definition) is 0. The largest absolute Gasteiger partial charge is 0.0602 e. The minimum absolute atomic E-state index is 0.158. The smallest absolute Gasteiger partial charge is 0.0236 e. The molecule has 0 N–H and O–H groups in total. The fourth-order valence-electron chi connectivity index (χ4n) is 2.37. The summed E-state index contributed by atoms with van der Waals surface area (Å²) < 4.78 is 91.1. The lowest BCUT2D eigenvalue weighted by Gasteiger charge is -2.17. The van der Waals surface area contributed by atoms with Crippen molar-refractivity contribution in [1.82, 2.24) is 0 Å². The van der Waals surface area contributed by atoms with E-state index in [1.165, 1.54) is 13.8 Å². The lowest BCUT2D eigenvalue weighted by molar-refractivity contribution is 0.354. The maximum atomic E-state index is 7.59. The van der Waals surface area contributed by atoms with Gasteiger partial charge in [0.15, 0.2) is 0 Å². The van der Waals surface area contributed by atoms with Crippen LogP contribution in [0.3, 0.4) is 0 Å². The van der Waals surface area contributed by atoms with Gasteiger partial charge in [-0.15, -0.1) is 0 Å². The van der Waals surface area contributed by atoms with Gasteiger partial charge in [-0.3, -0.25) is 0 Å². The van der Waals surface area contributed by atoms with E-state index in [0.717, 1.165) is 51.4 Å². The second-order valence-electron chi connectivity index (χ2n) is 6.70. The monoisotopic (exact) mass is 294 g/mol. The van der Waals surface area contributed by atoms with E-state index in [4.69, 9.17) is 16.4 Å². The van der Waals surface area contributed by atoms with Gasteiger partial charge in [0.25, 0.3) is 0 Å². The standard InChI is InChI=1S/C20H42/c1-19(2,3)17-15-13-11-9-7-8-10-12-14-16-18-20(4,5)6/h7-18H2,1-6H3/i1D3,2D3,4D3,5D3. The third-order valence-corrected chi connectivity index (χ3v) is 3.60. The van der Waals surface area contributed by atoms with Gasteiger partial charge in [-0.05, 0) is 23.7 Å². The molecule has 0 aliphatic rings. The topological polar surface area (TPSA) is 0 Å². The van der Waals surface area contributed by atoms with E-state index < -0.39 is 38.2 Å². The number of unbranched alkanes of at least 4 members (excludes halogenated alkanes) is 9. The molecule has 0 radical (unpaired) electrons. The van der Waals surface area contributed by atoms with Gasteiger partial charge in [-0.25, -0.2) is 0 Å².